The molecule has 0 bridgehead atoms. The van der Waals surface area contributed by atoms with Gasteiger partial charge in [-0.2, -0.15) is 0 Å². The highest BCUT2D eigenvalue weighted by atomic mass is 31.1. The Bertz CT molecular complexity index is 352. The second-order valence-electron chi connectivity index (χ2n) is 3.27. The van der Waals surface area contributed by atoms with Crippen LogP contribution in [-0.4, -0.2) is 5.80 Å². The number of hydrogen-bond donors (Lipinski definition) is 0. The molecule has 0 atom stereocenters. The van der Waals surface area contributed by atoms with E-state index >= 15 is 0 Å². The summed E-state index contributed by atoms with van der Waals surface area (Å²) in [6.45, 7) is 6.12. The van der Waals surface area contributed by atoms with Crippen LogP contribution in [0.4, 0.5) is 0 Å². The second kappa shape index (κ2) is 7.20. The Morgan fingerprint density at radius 1 is 1.40 bits per heavy atom. The van der Waals surface area contributed by atoms with E-state index in [1.165, 1.54) is 13.8 Å². The van der Waals surface area contributed by atoms with Gasteiger partial charge in [0.25, 0.3) is 0 Å². The monoisotopic (exact) mass is 216 g/mol. The predicted octanol–water partition coefficient (Wildman–Crippen LogP) is 4.66. The highest BCUT2D eigenvalue weighted by molar-refractivity contribution is 7.41. The molecule has 0 aromatic heterocycles. The van der Waals surface area contributed by atoms with E-state index in [1.807, 2.05) is 0 Å². The van der Waals surface area contributed by atoms with Crippen LogP contribution < -0.4 is 0 Å². The molecule has 0 heterocycles. The molecule has 0 fully saturated rings. The van der Waals surface area contributed by atoms with Crippen molar-refractivity contribution in [1.29, 1.82) is 0 Å². The first-order valence-corrected chi connectivity index (χ1v) is 6.25. The molecule has 1 heteroatoms. The molecular weight excluding hydrogens is 199 g/mol. The zero-order chi connectivity index (χ0) is 10.9. The lowest BCUT2D eigenvalue weighted by atomic mass is 10.0. The second-order valence-corrected chi connectivity index (χ2v) is 4.39. The zero-order valence-electron chi connectivity index (χ0n) is 9.19. The quantitative estimate of drug-likeness (QED) is 0.475. The highest BCUT2D eigenvalue weighted by Crippen LogP contribution is 2.16. The molecule has 0 nitrogen and oxygen atoms in total. The molecule has 78 valence electrons. The average Bonchev–Trinajstić information content (AvgIpc) is 2.17. The maximum absolute atomic E-state index is 4.07. The number of allylic oxidation sites excluding steroid dienone is 8. The topological polar surface area (TPSA) is 0 Å². The third kappa shape index (κ3) is 4.76. The Labute approximate surface area is 94.2 Å². The van der Waals surface area contributed by atoms with Crippen LogP contribution in [0.1, 0.15) is 19.8 Å². The van der Waals surface area contributed by atoms with Crippen molar-refractivity contribution in [3.63, 3.8) is 0 Å². The minimum atomic E-state index is 1.09. The highest BCUT2D eigenvalue weighted by Gasteiger charge is 1.95. The molecule has 0 saturated heterocycles. The first kappa shape index (κ1) is 11.9. The summed E-state index contributed by atoms with van der Waals surface area (Å²) in [7, 11) is 1.23. The molecule has 0 spiro atoms. The molecule has 1 aliphatic rings. The van der Waals surface area contributed by atoms with Crippen molar-refractivity contribution < 1.29 is 0 Å². The van der Waals surface area contributed by atoms with Crippen molar-refractivity contribution in [2.24, 2.45) is 0 Å². The Hall–Kier alpha value is -1.13. The molecular formula is C14H17P. The predicted molar refractivity (Wildman–Crippen MR) is 72.5 cm³/mol. The van der Waals surface area contributed by atoms with E-state index in [9.17, 15) is 0 Å². The minimum absolute atomic E-state index is 1.09. The van der Waals surface area contributed by atoms with E-state index < -0.39 is 0 Å². The van der Waals surface area contributed by atoms with Crippen LogP contribution in [0.2, 0.25) is 0 Å². The first-order valence-electron chi connectivity index (χ1n) is 5.21. The van der Waals surface area contributed by atoms with Gasteiger partial charge in [0.05, 0.1) is 0 Å². The van der Waals surface area contributed by atoms with Crippen molar-refractivity contribution in [1.82, 2.24) is 0 Å². The van der Waals surface area contributed by atoms with E-state index in [2.05, 4.69) is 61.6 Å². The van der Waals surface area contributed by atoms with E-state index in [0.29, 0.717) is 0 Å². The Balaban J connectivity index is 2.69. The van der Waals surface area contributed by atoms with Gasteiger partial charge in [0.2, 0.25) is 0 Å². The summed E-state index contributed by atoms with van der Waals surface area (Å²) in [6, 6.07) is 0. The van der Waals surface area contributed by atoms with Crippen LogP contribution in [0.5, 0.6) is 0 Å². The number of hydrogen-bond acceptors (Lipinski definition) is 0. The fraction of sp³-hybridized carbons (Fsp3) is 0.214. The molecule has 0 radical (unpaired) electrons. The van der Waals surface area contributed by atoms with Gasteiger partial charge >= 0.3 is 0 Å². The van der Waals surface area contributed by atoms with Gasteiger partial charge in [-0.15, -0.1) is 0 Å². The van der Waals surface area contributed by atoms with Gasteiger partial charge in [-0.1, -0.05) is 57.0 Å². The van der Waals surface area contributed by atoms with E-state index in [4.69, 9.17) is 0 Å². The standard InChI is InChI=1S/C14H17P/c1-3-15-12-11-13(2)14-9-7-5-4-6-8-10-14/h3-5,7,9-12H,2,6,8H2,1H3/b5-4+,9-7?,12-11-,14-10?. The van der Waals surface area contributed by atoms with Crippen LogP contribution in [0, 0.1) is 0 Å². The van der Waals surface area contributed by atoms with E-state index in [0.717, 1.165) is 18.4 Å². The van der Waals surface area contributed by atoms with Gasteiger partial charge in [-0.3, -0.25) is 0 Å². The van der Waals surface area contributed by atoms with Gasteiger partial charge < -0.3 is 0 Å². The first-order chi connectivity index (χ1) is 7.34. The zero-order valence-corrected chi connectivity index (χ0v) is 10.1. The maximum Gasteiger partial charge on any atom is -0.0230 e. The fourth-order valence-corrected chi connectivity index (χ4v) is 1.73. The molecule has 0 amide bonds. The van der Waals surface area contributed by atoms with Crippen molar-refractivity contribution in [2.75, 3.05) is 0 Å². The Morgan fingerprint density at radius 2 is 2.27 bits per heavy atom. The molecule has 1 aliphatic carbocycles. The summed E-state index contributed by atoms with van der Waals surface area (Å²) in [5.74, 6) is 4.22. The average molecular weight is 216 g/mol. The van der Waals surface area contributed by atoms with Gasteiger partial charge in [-0.05, 0) is 36.7 Å². The van der Waals surface area contributed by atoms with E-state index in [-0.39, 0.29) is 0 Å². The van der Waals surface area contributed by atoms with Gasteiger partial charge in [0, 0.05) is 0 Å². The molecule has 1 rings (SSSR count). The van der Waals surface area contributed by atoms with Crippen molar-refractivity contribution >= 4 is 14.0 Å². The van der Waals surface area contributed by atoms with Crippen LogP contribution in [-0.2, 0) is 0 Å². The smallest absolute Gasteiger partial charge is 0.0230 e. The van der Waals surface area contributed by atoms with Crippen molar-refractivity contribution in [3.8, 4) is 0 Å². The fourth-order valence-electron chi connectivity index (χ4n) is 1.29. The molecule has 0 unspecified atom stereocenters. The Morgan fingerprint density at radius 3 is 3.07 bits per heavy atom. The number of rotatable bonds is 3. The van der Waals surface area contributed by atoms with Crippen LogP contribution in [0.3, 0.4) is 0 Å². The summed E-state index contributed by atoms with van der Waals surface area (Å²) < 4.78 is 0. The maximum atomic E-state index is 4.07. The third-order valence-corrected chi connectivity index (χ3v) is 2.72. The molecule has 0 aromatic carbocycles. The van der Waals surface area contributed by atoms with Gasteiger partial charge in [0.1, 0.15) is 0 Å². The van der Waals surface area contributed by atoms with Crippen molar-refractivity contribution in [2.45, 2.75) is 19.8 Å². The summed E-state index contributed by atoms with van der Waals surface area (Å²) in [6.07, 6.45) is 15.0. The van der Waals surface area contributed by atoms with Gasteiger partial charge in [-0.25, -0.2) is 0 Å². The summed E-state index contributed by atoms with van der Waals surface area (Å²) in [4.78, 5) is 0. The largest absolute Gasteiger partial charge is 0.0912 e. The van der Waals surface area contributed by atoms with Gasteiger partial charge in [0.15, 0.2) is 0 Å². The normalized spacial score (nSPS) is 18.9. The Kier molecular flexibility index (Phi) is 5.73. The molecule has 0 aromatic rings. The summed E-state index contributed by atoms with van der Waals surface area (Å²) >= 11 is 0. The molecule has 0 saturated carbocycles. The van der Waals surface area contributed by atoms with Crippen LogP contribution in [0.25, 0.3) is 0 Å². The lowest BCUT2D eigenvalue weighted by Gasteiger charge is -2.02. The molecule has 15 heavy (non-hydrogen) atoms. The lowest BCUT2D eigenvalue weighted by Crippen LogP contribution is -1.83. The van der Waals surface area contributed by atoms with Crippen molar-refractivity contribution in [3.05, 3.63) is 60.0 Å². The molecule has 0 aliphatic heterocycles. The van der Waals surface area contributed by atoms with Crippen LogP contribution >= 0.6 is 8.20 Å². The summed E-state index contributed by atoms with van der Waals surface area (Å²) in [5, 5.41) is 0. The van der Waals surface area contributed by atoms with E-state index in [1.54, 1.807) is 0 Å². The summed E-state index contributed by atoms with van der Waals surface area (Å²) in [5.41, 5.74) is 2.33. The minimum Gasteiger partial charge on any atom is -0.0912 e. The van der Waals surface area contributed by atoms with Crippen LogP contribution in [0.15, 0.2) is 60.0 Å². The third-order valence-electron chi connectivity index (χ3n) is 2.10. The SMILES string of the molecule is C=C(/C=C\P=CC)C1=CCC/C=C/C=C1. The molecule has 0 N–H and O–H groups in total. The lowest BCUT2D eigenvalue weighted by molar-refractivity contribution is 1.04.